The zero-order valence-electron chi connectivity index (χ0n) is 12.9. The molecule has 124 valence electrons. The van der Waals surface area contributed by atoms with Crippen molar-refractivity contribution < 1.29 is 14.3 Å². The highest BCUT2D eigenvalue weighted by Crippen LogP contribution is 2.20. The molecule has 1 heterocycles. The van der Waals surface area contributed by atoms with Gasteiger partial charge in [-0.2, -0.15) is 0 Å². The van der Waals surface area contributed by atoms with E-state index in [9.17, 15) is 14.3 Å². The third-order valence-corrected chi connectivity index (χ3v) is 4.44. The van der Waals surface area contributed by atoms with Gasteiger partial charge in [0.1, 0.15) is 5.82 Å². The molecule has 0 radical (unpaired) electrons. The Bertz CT molecular complexity index is 678. The third kappa shape index (κ3) is 4.01. The molecular formula is C17H22FN3O2. The Morgan fingerprint density at radius 3 is 2.87 bits per heavy atom. The van der Waals surface area contributed by atoms with Crippen molar-refractivity contribution in [3.63, 3.8) is 0 Å². The Hall–Kier alpha value is -2.08. The predicted molar refractivity (Wildman–Crippen MR) is 86.8 cm³/mol. The topological polar surface area (TPSA) is 77.2 Å². The maximum Gasteiger partial charge on any atom is 0.315 e. The molecule has 4 N–H and O–H groups in total. The summed E-state index contributed by atoms with van der Waals surface area (Å²) >= 11 is 0. The zero-order chi connectivity index (χ0) is 16.2. The zero-order valence-corrected chi connectivity index (χ0v) is 12.9. The number of benzene rings is 1. The van der Waals surface area contributed by atoms with E-state index in [-0.39, 0.29) is 24.0 Å². The van der Waals surface area contributed by atoms with Crippen LogP contribution in [0.15, 0.2) is 24.4 Å². The third-order valence-electron chi connectivity index (χ3n) is 4.44. The second kappa shape index (κ2) is 7.00. The number of H-pyrrole nitrogens is 1. The van der Waals surface area contributed by atoms with Gasteiger partial charge in [-0.15, -0.1) is 0 Å². The van der Waals surface area contributed by atoms with Crippen molar-refractivity contribution in [2.75, 3.05) is 6.54 Å². The Labute approximate surface area is 134 Å². The maximum atomic E-state index is 13.3. The lowest BCUT2D eigenvalue weighted by molar-refractivity contribution is 0.117. The Morgan fingerprint density at radius 1 is 1.30 bits per heavy atom. The number of hydrogen-bond donors (Lipinski definition) is 4. The summed E-state index contributed by atoms with van der Waals surface area (Å²) in [6, 6.07) is 4.61. The van der Waals surface area contributed by atoms with E-state index in [2.05, 4.69) is 15.6 Å². The fraction of sp³-hybridized carbons (Fsp3) is 0.471. The van der Waals surface area contributed by atoms with E-state index in [0.717, 1.165) is 42.1 Å². The first-order valence-electron chi connectivity index (χ1n) is 8.10. The van der Waals surface area contributed by atoms with Crippen LogP contribution < -0.4 is 10.6 Å². The van der Waals surface area contributed by atoms with Crippen molar-refractivity contribution in [1.29, 1.82) is 0 Å². The number of fused-ring (bicyclic) bond motifs is 1. The summed E-state index contributed by atoms with van der Waals surface area (Å²) in [7, 11) is 0. The SMILES string of the molecule is O=C(NCCc1c[nH]c2ccc(F)cc12)NC1CCC(O)CC1. The average molecular weight is 319 g/mol. The van der Waals surface area contributed by atoms with Crippen LogP contribution in [0.5, 0.6) is 0 Å². The van der Waals surface area contributed by atoms with Crippen molar-refractivity contribution in [2.45, 2.75) is 44.2 Å². The summed E-state index contributed by atoms with van der Waals surface area (Å²) in [5.74, 6) is -0.261. The lowest BCUT2D eigenvalue weighted by Gasteiger charge is -2.26. The minimum atomic E-state index is -0.261. The number of aliphatic hydroxyl groups excluding tert-OH is 1. The Balaban J connectivity index is 1.47. The molecule has 0 aliphatic heterocycles. The molecule has 1 aromatic carbocycles. The van der Waals surface area contributed by atoms with Gasteiger partial charge < -0.3 is 20.7 Å². The lowest BCUT2D eigenvalue weighted by atomic mass is 9.93. The van der Waals surface area contributed by atoms with Crippen LogP contribution in [0.4, 0.5) is 9.18 Å². The number of rotatable bonds is 4. The predicted octanol–water partition coefficient (Wildman–Crippen LogP) is 2.45. The number of amides is 2. The summed E-state index contributed by atoms with van der Waals surface area (Å²) in [6.07, 6.45) is 5.38. The molecule has 1 aliphatic carbocycles. The van der Waals surface area contributed by atoms with Gasteiger partial charge in [-0.3, -0.25) is 0 Å². The number of aromatic nitrogens is 1. The van der Waals surface area contributed by atoms with Gasteiger partial charge in [0.05, 0.1) is 6.10 Å². The molecule has 0 atom stereocenters. The molecule has 0 bridgehead atoms. The van der Waals surface area contributed by atoms with Crippen molar-refractivity contribution in [3.8, 4) is 0 Å². The number of hydrogen-bond acceptors (Lipinski definition) is 2. The molecule has 1 aromatic heterocycles. The molecule has 0 unspecified atom stereocenters. The average Bonchev–Trinajstić information content (AvgIpc) is 2.92. The monoisotopic (exact) mass is 319 g/mol. The van der Waals surface area contributed by atoms with Crippen LogP contribution in [0.1, 0.15) is 31.2 Å². The minimum absolute atomic E-state index is 0.139. The van der Waals surface area contributed by atoms with Gasteiger partial charge in [0.2, 0.25) is 0 Å². The number of carbonyl (C=O) groups is 1. The molecule has 3 rings (SSSR count). The van der Waals surface area contributed by atoms with E-state index in [1.807, 2.05) is 6.20 Å². The van der Waals surface area contributed by atoms with Gasteiger partial charge in [-0.1, -0.05) is 0 Å². The molecule has 0 spiro atoms. The number of aromatic amines is 1. The molecule has 23 heavy (non-hydrogen) atoms. The van der Waals surface area contributed by atoms with Gasteiger partial charge in [-0.05, 0) is 55.9 Å². The standard InChI is InChI=1S/C17H22FN3O2/c18-12-1-6-16-15(9-12)11(10-20-16)7-8-19-17(23)21-13-2-4-14(22)5-3-13/h1,6,9-10,13-14,20,22H,2-5,7-8H2,(H2,19,21,23). The number of nitrogens with one attached hydrogen (secondary N) is 3. The molecule has 2 amide bonds. The van der Waals surface area contributed by atoms with Crippen molar-refractivity contribution in [3.05, 3.63) is 35.8 Å². The smallest absolute Gasteiger partial charge is 0.315 e. The molecule has 5 nitrogen and oxygen atoms in total. The summed E-state index contributed by atoms with van der Waals surface area (Å²) in [5, 5.41) is 16.1. The van der Waals surface area contributed by atoms with Crippen LogP contribution in [0.3, 0.4) is 0 Å². The fourth-order valence-electron chi connectivity index (χ4n) is 3.12. The van der Waals surface area contributed by atoms with E-state index < -0.39 is 0 Å². The Kier molecular flexibility index (Phi) is 4.81. The summed E-state index contributed by atoms with van der Waals surface area (Å²) in [5.41, 5.74) is 1.88. The van der Waals surface area contributed by atoms with Crippen molar-refractivity contribution >= 4 is 16.9 Å². The molecule has 2 aromatic rings. The van der Waals surface area contributed by atoms with Gasteiger partial charge in [0, 0.05) is 29.7 Å². The van der Waals surface area contributed by atoms with Crippen LogP contribution in [-0.2, 0) is 6.42 Å². The van der Waals surface area contributed by atoms with Crippen LogP contribution in [0.25, 0.3) is 10.9 Å². The number of urea groups is 1. The first-order valence-corrected chi connectivity index (χ1v) is 8.10. The summed E-state index contributed by atoms with van der Waals surface area (Å²) in [6.45, 7) is 0.491. The second-order valence-corrected chi connectivity index (χ2v) is 6.16. The molecular weight excluding hydrogens is 297 g/mol. The van der Waals surface area contributed by atoms with Crippen molar-refractivity contribution in [2.24, 2.45) is 0 Å². The normalized spacial score (nSPS) is 21.3. The largest absolute Gasteiger partial charge is 0.393 e. The van der Waals surface area contributed by atoms with Crippen LogP contribution >= 0.6 is 0 Å². The molecule has 1 saturated carbocycles. The van der Waals surface area contributed by atoms with Gasteiger partial charge in [0.25, 0.3) is 0 Å². The van der Waals surface area contributed by atoms with Gasteiger partial charge in [0.15, 0.2) is 0 Å². The van der Waals surface area contributed by atoms with E-state index in [1.165, 1.54) is 12.1 Å². The first-order chi connectivity index (χ1) is 11.1. The van der Waals surface area contributed by atoms with E-state index >= 15 is 0 Å². The second-order valence-electron chi connectivity index (χ2n) is 6.16. The highest BCUT2D eigenvalue weighted by molar-refractivity contribution is 5.83. The highest BCUT2D eigenvalue weighted by atomic mass is 19.1. The fourth-order valence-corrected chi connectivity index (χ4v) is 3.12. The summed E-state index contributed by atoms with van der Waals surface area (Å²) in [4.78, 5) is 15.0. The quantitative estimate of drug-likeness (QED) is 0.698. The molecule has 6 heteroatoms. The lowest BCUT2D eigenvalue weighted by Crippen LogP contribution is -2.44. The first kappa shape index (κ1) is 15.8. The Morgan fingerprint density at radius 2 is 2.09 bits per heavy atom. The van der Waals surface area contributed by atoms with E-state index in [1.54, 1.807) is 6.07 Å². The van der Waals surface area contributed by atoms with Crippen LogP contribution in [0, 0.1) is 5.82 Å². The number of halogens is 1. The minimum Gasteiger partial charge on any atom is -0.393 e. The van der Waals surface area contributed by atoms with Crippen LogP contribution in [0.2, 0.25) is 0 Å². The maximum absolute atomic E-state index is 13.3. The van der Waals surface area contributed by atoms with E-state index in [0.29, 0.717) is 13.0 Å². The van der Waals surface area contributed by atoms with Crippen LogP contribution in [-0.4, -0.2) is 34.8 Å². The van der Waals surface area contributed by atoms with Gasteiger partial charge in [-0.25, -0.2) is 9.18 Å². The molecule has 1 fully saturated rings. The number of aliphatic hydroxyl groups is 1. The highest BCUT2D eigenvalue weighted by Gasteiger charge is 2.20. The molecule has 0 saturated heterocycles. The summed E-state index contributed by atoms with van der Waals surface area (Å²) < 4.78 is 13.3. The molecule has 1 aliphatic rings. The number of carbonyl (C=O) groups excluding carboxylic acids is 1. The van der Waals surface area contributed by atoms with E-state index in [4.69, 9.17) is 0 Å². The van der Waals surface area contributed by atoms with Gasteiger partial charge >= 0.3 is 6.03 Å². The van der Waals surface area contributed by atoms with Crippen molar-refractivity contribution in [1.82, 2.24) is 15.6 Å².